The molecule has 1 aliphatic rings. The molecule has 154 valence electrons. The smallest absolute Gasteiger partial charge is 0.0801 e. The first-order valence-electron chi connectivity index (χ1n) is 11.0. The van der Waals surface area contributed by atoms with Crippen LogP contribution in [0.4, 0.5) is 0 Å². The third-order valence-electron chi connectivity index (χ3n) is 6.47. The van der Waals surface area contributed by atoms with Gasteiger partial charge in [0.2, 0.25) is 0 Å². The van der Waals surface area contributed by atoms with Gasteiger partial charge in [0.15, 0.2) is 0 Å². The van der Waals surface area contributed by atoms with Crippen molar-refractivity contribution in [3.63, 3.8) is 0 Å². The van der Waals surface area contributed by atoms with Gasteiger partial charge in [-0.25, -0.2) is 0 Å². The molecule has 0 bridgehead atoms. The second-order valence-corrected chi connectivity index (χ2v) is 9.22. The Morgan fingerprint density at radius 2 is 1.70 bits per heavy atom. The lowest BCUT2D eigenvalue weighted by Crippen LogP contribution is -2.33. The molecule has 0 heterocycles. The largest absolute Gasteiger partial charge is 0.390 e. The van der Waals surface area contributed by atoms with Crippen LogP contribution in [0.2, 0.25) is 0 Å². The summed E-state index contributed by atoms with van der Waals surface area (Å²) in [6.45, 7) is 6.87. The predicted octanol–water partition coefficient (Wildman–Crippen LogP) is 5.27. The molecular weight excluding hydrogens is 336 g/mol. The predicted molar refractivity (Wildman–Crippen MR) is 112 cm³/mol. The molecule has 0 aromatic heterocycles. The Balaban J connectivity index is 1.83. The average molecular weight is 377 g/mol. The number of unbranched alkanes of at least 4 members (excludes halogenated alkanes) is 3. The van der Waals surface area contributed by atoms with Crippen LogP contribution in [0.25, 0.3) is 0 Å². The van der Waals surface area contributed by atoms with Gasteiger partial charge < -0.3 is 15.3 Å². The summed E-state index contributed by atoms with van der Waals surface area (Å²) in [5.41, 5.74) is 2.51. The molecule has 0 saturated heterocycles. The molecule has 2 unspecified atom stereocenters. The number of aliphatic hydroxyl groups is 3. The molecule has 4 atom stereocenters. The molecule has 1 aromatic rings. The van der Waals surface area contributed by atoms with Gasteiger partial charge in [-0.05, 0) is 61.0 Å². The molecule has 0 amide bonds. The fourth-order valence-electron chi connectivity index (χ4n) is 4.33. The van der Waals surface area contributed by atoms with Gasteiger partial charge in [0.05, 0.1) is 18.3 Å². The van der Waals surface area contributed by atoms with Crippen LogP contribution in [0, 0.1) is 5.92 Å². The highest BCUT2D eigenvalue weighted by Gasteiger charge is 2.28. The van der Waals surface area contributed by atoms with Gasteiger partial charge in [-0.2, -0.15) is 0 Å². The van der Waals surface area contributed by atoms with Crippen LogP contribution in [0.1, 0.15) is 102 Å². The van der Waals surface area contributed by atoms with E-state index in [1.165, 1.54) is 37.7 Å². The Labute approximate surface area is 165 Å². The Hall–Kier alpha value is -0.900. The van der Waals surface area contributed by atoms with Crippen molar-refractivity contribution < 1.29 is 15.3 Å². The second-order valence-electron chi connectivity index (χ2n) is 9.22. The summed E-state index contributed by atoms with van der Waals surface area (Å²) in [6, 6.07) is 8.51. The van der Waals surface area contributed by atoms with Crippen molar-refractivity contribution in [1.29, 1.82) is 0 Å². The Morgan fingerprint density at radius 3 is 2.33 bits per heavy atom. The van der Waals surface area contributed by atoms with Crippen LogP contribution < -0.4 is 0 Å². The molecule has 0 radical (unpaired) electrons. The summed E-state index contributed by atoms with van der Waals surface area (Å²) in [7, 11) is 0. The summed E-state index contributed by atoms with van der Waals surface area (Å²) in [4.78, 5) is 0. The van der Waals surface area contributed by atoms with Gasteiger partial charge in [-0.15, -0.1) is 0 Å². The Kier molecular flexibility index (Phi) is 8.78. The minimum atomic E-state index is -0.597. The van der Waals surface area contributed by atoms with Gasteiger partial charge in [0, 0.05) is 0 Å². The van der Waals surface area contributed by atoms with E-state index in [4.69, 9.17) is 0 Å². The summed E-state index contributed by atoms with van der Waals surface area (Å²) in [5.74, 6) is 0.402. The van der Waals surface area contributed by atoms with Gasteiger partial charge in [-0.3, -0.25) is 0 Å². The highest BCUT2D eigenvalue weighted by molar-refractivity contribution is 5.29. The molecule has 1 aromatic carbocycles. The molecule has 1 fully saturated rings. The average Bonchev–Trinajstić information content (AvgIpc) is 2.66. The first-order chi connectivity index (χ1) is 12.8. The Bertz CT molecular complexity index is 537. The van der Waals surface area contributed by atoms with Crippen molar-refractivity contribution in [2.45, 2.75) is 109 Å². The van der Waals surface area contributed by atoms with Crippen molar-refractivity contribution in [2.75, 3.05) is 0 Å². The van der Waals surface area contributed by atoms with E-state index in [1.807, 2.05) is 0 Å². The summed E-state index contributed by atoms with van der Waals surface area (Å²) < 4.78 is 0. The molecular formula is C24H40O3. The fourth-order valence-corrected chi connectivity index (χ4v) is 4.33. The molecule has 27 heavy (non-hydrogen) atoms. The molecule has 2 rings (SSSR count). The highest BCUT2D eigenvalue weighted by Crippen LogP contribution is 2.33. The van der Waals surface area contributed by atoms with E-state index in [1.54, 1.807) is 0 Å². The molecule has 1 saturated carbocycles. The zero-order valence-electron chi connectivity index (χ0n) is 17.5. The van der Waals surface area contributed by atoms with Crippen molar-refractivity contribution in [2.24, 2.45) is 5.92 Å². The topological polar surface area (TPSA) is 60.7 Å². The quantitative estimate of drug-likeness (QED) is 0.488. The van der Waals surface area contributed by atoms with E-state index in [2.05, 4.69) is 45.0 Å². The number of benzene rings is 1. The molecule has 0 aliphatic heterocycles. The minimum Gasteiger partial charge on any atom is -0.390 e. The normalized spacial score (nSPS) is 24.7. The van der Waals surface area contributed by atoms with Gasteiger partial charge in [0.1, 0.15) is 0 Å². The second kappa shape index (κ2) is 10.6. The standard InChI is InChI=1S/C24H40O3/c1-4-5-6-7-16-24(2,3)20-12-10-19(11-13-20)21(25)14-8-18-9-15-22(26)23(27)17-18/h10-13,18,21-23,25-27H,4-9,14-17H2,1-3H3/t18?,21-,22-,23?/m1/s1. The first-order valence-corrected chi connectivity index (χ1v) is 11.0. The number of hydrogen-bond donors (Lipinski definition) is 3. The van der Waals surface area contributed by atoms with E-state index < -0.39 is 18.3 Å². The van der Waals surface area contributed by atoms with Crippen LogP contribution in [0.5, 0.6) is 0 Å². The SMILES string of the molecule is CCCCCCC(C)(C)c1ccc([C@H](O)CCC2CC[C@@H](O)C(O)C2)cc1. The minimum absolute atomic E-state index is 0.177. The van der Waals surface area contributed by atoms with Crippen molar-refractivity contribution in [1.82, 2.24) is 0 Å². The van der Waals surface area contributed by atoms with Crippen LogP contribution in [-0.2, 0) is 5.41 Å². The van der Waals surface area contributed by atoms with E-state index in [-0.39, 0.29) is 5.41 Å². The zero-order chi connectivity index (χ0) is 19.9. The van der Waals surface area contributed by atoms with Crippen LogP contribution >= 0.6 is 0 Å². The van der Waals surface area contributed by atoms with Crippen LogP contribution in [0.3, 0.4) is 0 Å². The number of rotatable bonds is 10. The lowest BCUT2D eigenvalue weighted by molar-refractivity contribution is -0.0282. The molecule has 3 nitrogen and oxygen atoms in total. The molecule has 3 heteroatoms. The summed E-state index contributed by atoms with van der Waals surface area (Å²) in [5, 5.41) is 30.0. The van der Waals surface area contributed by atoms with Gasteiger partial charge >= 0.3 is 0 Å². The zero-order valence-corrected chi connectivity index (χ0v) is 17.5. The van der Waals surface area contributed by atoms with Crippen LogP contribution in [-0.4, -0.2) is 27.5 Å². The highest BCUT2D eigenvalue weighted by atomic mass is 16.3. The fraction of sp³-hybridized carbons (Fsp3) is 0.750. The summed E-state index contributed by atoms with van der Waals surface area (Å²) in [6.07, 6.45) is 8.63. The molecule has 3 N–H and O–H groups in total. The molecule has 0 spiro atoms. The third-order valence-corrected chi connectivity index (χ3v) is 6.47. The maximum atomic E-state index is 10.6. The first kappa shape index (κ1) is 22.4. The number of hydrogen-bond acceptors (Lipinski definition) is 3. The lowest BCUT2D eigenvalue weighted by atomic mass is 9.79. The third kappa shape index (κ3) is 6.89. The maximum Gasteiger partial charge on any atom is 0.0801 e. The molecule has 1 aliphatic carbocycles. The van der Waals surface area contributed by atoms with Crippen molar-refractivity contribution in [3.05, 3.63) is 35.4 Å². The van der Waals surface area contributed by atoms with E-state index in [0.717, 1.165) is 18.4 Å². The van der Waals surface area contributed by atoms with Gasteiger partial charge in [0.25, 0.3) is 0 Å². The monoisotopic (exact) mass is 376 g/mol. The van der Waals surface area contributed by atoms with Crippen molar-refractivity contribution in [3.8, 4) is 0 Å². The maximum absolute atomic E-state index is 10.6. The van der Waals surface area contributed by atoms with Crippen LogP contribution in [0.15, 0.2) is 24.3 Å². The lowest BCUT2D eigenvalue weighted by Gasteiger charge is -2.30. The van der Waals surface area contributed by atoms with Crippen molar-refractivity contribution >= 4 is 0 Å². The van der Waals surface area contributed by atoms with E-state index >= 15 is 0 Å². The van der Waals surface area contributed by atoms with E-state index in [9.17, 15) is 15.3 Å². The van der Waals surface area contributed by atoms with E-state index in [0.29, 0.717) is 25.2 Å². The summed E-state index contributed by atoms with van der Waals surface area (Å²) >= 11 is 0. The Morgan fingerprint density at radius 1 is 1.00 bits per heavy atom. The number of aliphatic hydroxyl groups excluding tert-OH is 3. The van der Waals surface area contributed by atoms with Gasteiger partial charge in [-0.1, -0.05) is 70.7 Å².